The number of amides is 1. The van der Waals surface area contributed by atoms with Crippen LogP contribution in [0.3, 0.4) is 0 Å². The summed E-state index contributed by atoms with van der Waals surface area (Å²) in [6.45, 7) is 6.96. The summed E-state index contributed by atoms with van der Waals surface area (Å²) in [6.07, 6.45) is 0. The minimum absolute atomic E-state index is 0.104. The maximum absolute atomic E-state index is 12.3. The van der Waals surface area contributed by atoms with Gasteiger partial charge in [-0.05, 0) is 79.9 Å². The topological polar surface area (TPSA) is 59.6 Å². The van der Waals surface area contributed by atoms with Crippen molar-refractivity contribution >= 4 is 28.9 Å². The first-order chi connectivity index (χ1) is 14.9. The molecular weight excluding hydrogens is 412 g/mol. The molecular formula is C25H27ClN2O3. The lowest BCUT2D eigenvalue weighted by atomic mass is 10.1. The first-order valence-electron chi connectivity index (χ1n) is 10.2. The predicted octanol–water partition coefficient (Wildman–Crippen LogP) is 5.99. The van der Waals surface area contributed by atoms with Crippen molar-refractivity contribution in [1.29, 1.82) is 0 Å². The van der Waals surface area contributed by atoms with Gasteiger partial charge in [0.15, 0.2) is 18.1 Å². The van der Waals surface area contributed by atoms with Crippen molar-refractivity contribution in [2.45, 2.75) is 27.3 Å². The fourth-order valence-electron chi connectivity index (χ4n) is 3.01. The molecule has 0 spiro atoms. The largest absolute Gasteiger partial charge is 0.490 e. The lowest BCUT2D eigenvalue weighted by molar-refractivity contribution is -0.118. The highest BCUT2D eigenvalue weighted by molar-refractivity contribution is 6.30. The maximum Gasteiger partial charge on any atom is 0.262 e. The van der Waals surface area contributed by atoms with Crippen LogP contribution >= 0.6 is 11.6 Å². The van der Waals surface area contributed by atoms with Crippen LogP contribution in [0, 0.1) is 13.8 Å². The second-order valence-electron chi connectivity index (χ2n) is 7.21. The Balaban J connectivity index is 1.60. The van der Waals surface area contributed by atoms with E-state index in [0.717, 1.165) is 22.5 Å². The molecule has 0 bridgehead atoms. The number of anilines is 2. The molecule has 3 aromatic carbocycles. The highest BCUT2D eigenvalue weighted by atomic mass is 35.5. The van der Waals surface area contributed by atoms with Gasteiger partial charge in [0.25, 0.3) is 5.91 Å². The zero-order valence-electron chi connectivity index (χ0n) is 18.0. The van der Waals surface area contributed by atoms with Gasteiger partial charge in [-0.25, -0.2) is 0 Å². The molecule has 0 aliphatic heterocycles. The Morgan fingerprint density at radius 1 is 0.903 bits per heavy atom. The standard InChI is InChI=1S/C25H27ClN2O3/c1-4-30-24-13-19(15-27-21-7-5-6-20(26)14-21)9-11-23(24)31-16-25(29)28-22-10-8-17(2)18(3)12-22/h5-14,27H,4,15-16H2,1-3H3,(H,28,29). The van der Waals surface area contributed by atoms with E-state index in [1.165, 1.54) is 5.56 Å². The lowest BCUT2D eigenvalue weighted by Crippen LogP contribution is -2.20. The van der Waals surface area contributed by atoms with Crippen LogP contribution in [0.4, 0.5) is 11.4 Å². The average molecular weight is 439 g/mol. The first kappa shape index (κ1) is 22.5. The number of halogens is 1. The monoisotopic (exact) mass is 438 g/mol. The molecule has 0 aliphatic carbocycles. The van der Waals surface area contributed by atoms with Crippen LogP contribution < -0.4 is 20.1 Å². The Bertz CT molecular complexity index is 1050. The van der Waals surface area contributed by atoms with Gasteiger partial charge in [-0.1, -0.05) is 29.8 Å². The predicted molar refractivity (Wildman–Crippen MR) is 126 cm³/mol. The summed E-state index contributed by atoms with van der Waals surface area (Å²) >= 11 is 6.03. The van der Waals surface area contributed by atoms with E-state index in [0.29, 0.717) is 29.7 Å². The van der Waals surface area contributed by atoms with Crippen LogP contribution in [0.5, 0.6) is 11.5 Å². The van der Waals surface area contributed by atoms with Crippen LogP contribution in [-0.4, -0.2) is 19.1 Å². The van der Waals surface area contributed by atoms with Crippen LogP contribution in [0.1, 0.15) is 23.6 Å². The van der Waals surface area contributed by atoms with Gasteiger partial charge in [-0.3, -0.25) is 4.79 Å². The van der Waals surface area contributed by atoms with E-state index in [9.17, 15) is 4.79 Å². The second-order valence-corrected chi connectivity index (χ2v) is 7.65. The summed E-state index contributed by atoms with van der Waals surface area (Å²) in [5, 5.41) is 6.88. The molecule has 0 saturated heterocycles. The highest BCUT2D eigenvalue weighted by Gasteiger charge is 2.10. The zero-order chi connectivity index (χ0) is 22.2. The van der Waals surface area contributed by atoms with E-state index >= 15 is 0 Å². The number of nitrogens with one attached hydrogen (secondary N) is 2. The van der Waals surface area contributed by atoms with Crippen LogP contribution in [-0.2, 0) is 11.3 Å². The molecule has 0 atom stereocenters. The van der Waals surface area contributed by atoms with E-state index in [1.54, 1.807) is 0 Å². The van der Waals surface area contributed by atoms with Gasteiger partial charge in [0.1, 0.15) is 0 Å². The van der Waals surface area contributed by atoms with Crippen molar-refractivity contribution in [2.24, 2.45) is 0 Å². The van der Waals surface area contributed by atoms with E-state index in [4.69, 9.17) is 21.1 Å². The number of hydrogen-bond acceptors (Lipinski definition) is 4. The number of carbonyl (C=O) groups is 1. The third kappa shape index (κ3) is 6.66. The fraction of sp³-hybridized carbons (Fsp3) is 0.240. The number of aryl methyl sites for hydroxylation is 2. The van der Waals surface area contributed by atoms with Gasteiger partial charge < -0.3 is 20.1 Å². The van der Waals surface area contributed by atoms with Crippen LogP contribution in [0.15, 0.2) is 60.7 Å². The van der Waals surface area contributed by atoms with E-state index < -0.39 is 0 Å². The Morgan fingerprint density at radius 2 is 1.74 bits per heavy atom. The lowest BCUT2D eigenvalue weighted by Gasteiger charge is -2.14. The van der Waals surface area contributed by atoms with E-state index in [2.05, 4.69) is 10.6 Å². The van der Waals surface area contributed by atoms with Gasteiger partial charge >= 0.3 is 0 Å². The second kappa shape index (κ2) is 10.7. The van der Waals surface area contributed by atoms with Crippen molar-refractivity contribution in [2.75, 3.05) is 23.8 Å². The van der Waals surface area contributed by atoms with Crippen LogP contribution in [0.2, 0.25) is 5.02 Å². The van der Waals surface area contributed by atoms with E-state index in [1.807, 2.05) is 81.4 Å². The molecule has 6 heteroatoms. The molecule has 0 fully saturated rings. The van der Waals surface area contributed by atoms with Gasteiger partial charge in [0.05, 0.1) is 6.61 Å². The van der Waals surface area contributed by atoms with Crippen molar-refractivity contribution < 1.29 is 14.3 Å². The summed E-state index contributed by atoms with van der Waals surface area (Å²) in [6, 6.07) is 19.1. The summed E-state index contributed by atoms with van der Waals surface area (Å²) in [5.41, 5.74) is 5.02. The maximum atomic E-state index is 12.3. The number of ether oxygens (including phenoxy) is 2. The van der Waals surface area contributed by atoms with Crippen molar-refractivity contribution in [1.82, 2.24) is 0 Å². The molecule has 5 nitrogen and oxygen atoms in total. The third-order valence-corrected chi connectivity index (χ3v) is 5.01. The molecule has 0 aliphatic rings. The molecule has 1 amide bonds. The van der Waals surface area contributed by atoms with Crippen molar-refractivity contribution in [3.05, 3.63) is 82.4 Å². The molecule has 0 unspecified atom stereocenters. The molecule has 0 saturated carbocycles. The molecule has 0 heterocycles. The van der Waals surface area contributed by atoms with Crippen LogP contribution in [0.25, 0.3) is 0 Å². The minimum atomic E-state index is -0.225. The smallest absolute Gasteiger partial charge is 0.262 e. The Morgan fingerprint density at radius 3 is 2.48 bits per heavy atom. The third-order valence-electron chi connectivity index (χ3n) is 4.78. The Labute approximate surface area is 188 Å². The molecule has 3 aromatic rings. The summed E-state index contributed by atoms with van der Waals surface area (Å²) < 4.78 is 11.5. The number of rotatable bonds is 9. The molecule has 0 aromatic heterocycles. The van der Waals surface area contributed by atoms with Gasteiger partial charge in [-0.2, -0.15) is 0 Å². The Hall–Kier alpha value is -3.18. The normalized spacial score (nSPS) is 10.5. The van der Waals surface area contributed by atoms with Gasteiger partial charge in [-0.15, -0.1) is 0 Å². The molecule has 31 heavy (non-hydrogen) atoms. The number of carbonyl (C=O) groups excluding carboxylic acids is 1. The first-order valence-corrected chi connectivity index (χ1v) is 10.6. The molecule has 162 valence electrons. The molecule has 0 radical (unpaired) electrons. The van der Waals surface area contributed by atoms with E-state index in [-0.39, 0.29) is 12.5 Å². The van der Waals surface area contributed by atoms with Crippen molar-refractivity contribution in [3.63, 3.8) is 0 Å². The zero-order valence-corrected chi connectivity index (χ0v) is 18.8. The summed E-state index contributed by atoms with van der Waals surface area (Å²) in [7, 11) is 0. The number of hydrogen-bond donors (Lipinski definition) is 2. The molecule has 2 N–H and O–H groups in total. The molecule has 3 rings (SSSR count). The fourth-order valence-corrected chi connectivity index (χ4v) is 3.20. The van der Waals surface area contributed by atoms with Crippen molar-refractivity contribution in [3.8, 4) is 11.5 Å². The van der Waals surface area contributed by atoms with Gasteiger partial charge in [0.2, 0.25) is 0 Å². The average Bonchev–Trinajstić information content (AvgIpc) is 2.74. The summed E-state index contributed by atoms with van der Waals surface area (Å²) in [5.74, 6) is 0.910. The van der Waals surface area contributed by atoms with Gasteiger partial charge in [0, 0.05) is 22.9 Å². The highest BCUT2D eigenvalue weighted by Crippen LogP contribution is 2.29. The summed E-state index contributed by atoms with van der Waals surface area (Å²) in [4.78, 5) is 12.3. The number of benzene rings is 3. The quantitative estimate of drug-likeness (QED) is 0.431. The Kier molecular flexibility index (Phi) is 7.79. The minimum Gasteiger partial charge on any atom is -0.490 e. The SMILES string of the molecule is CCOc1cc(CNc2cccc(Cl)c2)ccc1OCC(=O)Nc1ccc(C)c(C)c1.